The molecule has 0 atom stereocenters. The van der Waals surface area contributed by atoms with Gasteiger partial charge in [-0.15, -0.1) is 0 Å². The van der Waals surface area contributed by atoms with Gasteiger partial charge in [0, 0.05) is 28.8 Å². The van der Waals surface area contributed by atoms with Crippen LogP contribution in [-0.4, -0.2) is 27.3 Å². The van der Waals surface area contributed by atoms with Gasteiger partial charge in [-0.3, -0.25) is 4.79 Å². The fraction of sp³-hybridized carbons (Fsp3) is 0.250. The molecular formula is C20H19FN4O. The number of nitrogens with two attached hydrogens (primary N) is 1. The smallest absolute Gasteiger partial charge is 0.258 e. The highest BCUT2D eigenvalue weighted by Crippen LogP contribution is 2.36. The number of carbonyl (C=O) groups is 1. The van der Waals surface area contributed by atoms with Gasteiger partial charge in [0.1, 0.15) is 0 Å². The molecule has 1 amide bonds. The minimum Gasteiger partial charge on any atom is -0.397 e. The van der Waals surface area contributed by atoms with Crippen molar-refractivity contribution in [2.45, 2.75) is 26.8 Å². The van der Waals surface area contributed by atoms with Crippen LogP contribution in [0.2, 0.25) is 0 Å². The van der Waals surface area contributed by atoms with E-state index in [2.05, 4.69) is 4.98 Å². The Hall–Kier alpha value is -3.02. The van der Waals surface area contributed by atoms with Crippen molar-refractivity contribution >= 4 is 22.5 Å². The van der Waals surface area contributed by atoms with E-state index >= 15 is 0 Å². The van der Waals surface area contributed by atoms with Crippen LogP contribution in [0.3, 0.4) is 0 Å². The molecule has 3 heterocycles. The first kappa shape index (κ1) is 16.4. The van der Waals surface area contributed by atoms with E-state index in [1.165, 1.54) is 0 Å². The zero-order valence-corrected chi connectivity index (χ0v) is 14.7. The predicted octanol–water partition coefficient (Wildman–Crippen LogP) is 3.69. The van der Waals surface area contributed by atoms with Crippen LogP contribution in [0.25, 0.3) is 22.0 Å². The molecule has 0 unspecified atom stereocenters. The minimum absolute atomic E-state index is 0.0812. The van der Waals surface area contributed by atoms with Gasteiger partial charge in [-0.25, -0.2) is 9.97 Å². The van der Waals surface area contributed by atoms with Crippen molar-refractivity contribution in [3.63, 3.8) is 0 Å². The summed E-state index contributed by atoms with van der Waals surface area (Å²) in [6, 6.07) is 8.88. The standard InChI is InChI=1S/C20H19FN4O/c1-3-9-25-10-15-16(20(25)26)17(22)14-6-4-5-12(18(14)24-15)13-8-7-11(2)23-19(13)21/h4-8H,3,9-10H2,1-2H3,(H2,22,24). The lowest BCUT2D eigenvalue weighted by molar-refractivity contribution is 0.0779. The van der Waals surface area contributed by atoms with Gasteiger partial charge in [0.2, 0.25) is 5.95 Å². The molecule has 6 heteroatoms. The summed E-state index contributed by atoms with van der Waals surface area (Å²) in [7, 11) is 0. The molecular weight excluding hydrogens is 331 g/mol. The summed E-state index contributed by atoms with van der Waals surface area (Å²) in [5.74, 6) is -0.621. The zero-order chi connectivity index (χ0) is 18.4. The number of pyridine rings is 2. The van der Waals surface area contributed by atoms with E-state index in [-0.39, 0.29) is 5.91 Å². The van der Waals surface area contributed by atoms with Crippen LogP contribution in [0, 0.1) is 12.9 Å². The Bertz CT molecular complexity index is 1050. The number of benzene rings is 1. The second kappa shape index (κ2) is 6.05. The van der Waals surface area contributed by atoms with Gasteiger partial charge in [0.15, 0.2) is 0 Å². The monoisotopic (exact) mass is 350 g/mol. The highest BCUT2D eigenvalue weighted by molar-refractivity contribution is 6.11. The van der Waals surface area contributed by atoms with Gasteiger partial charge in [-0.2, -0.15) is 4.39 Å². The Labute approximate surface area is 150 Å². The summed E-state index contributed by atoms with van der Waals surface area (Å²) in [5.41, 5.74) is 10.1. The van der Waals surface area contributed by atoms with Crippen molar-refractivity contribution in [1.82, 2.24) is 14.9 Å². The van der Waals surface area contributed by atoms with Crippen molar-refractivity contribution in [2.24, 2.45) is 0 Å². The second-order valence-electron chi connectivity index (χ2n) is 6.57. The second-order valence-corrected chi connectivity index (χ2v) is 6.57. The van der Waals surface area contributed by atoms with Crippen molar-refractivity contribution in [3.05, 3.63) is 53.2 Å². The van der Waals surface area contributed by atoms with Gasteiger partial charge >= 0.3 is 0 Å². The van der Waals surface area contributed by atoms with Gasteiger partial charge in [-0.05, 0) is 25.5 Å². The van der Waals surface area contributed by atoms with E-state index in [1.807, 2.05) is 13.0 Å². The van der Waals surface area contributed by atoms with Gasteiger partial charge < -0.3 is 10.6 Å². The van der Waals surface area contributed by atoms with Crippen LogP contribution in [0.1, 0.15) is 35.1 Å². The molecule has 132 valence electrons. The third-order valence-corrected chi connectivity index (χ3v) is 4.74. The maximum absolute atomic E-state index is 14.4. The number of hydrogen-bond donors (Lipinski definition) is 1. The predicted molar refractivity (Wildman–Crippen MR) is 99.1 cm³/mol. The SMILES string of the molecule is CCCN1Cc2nc3c(-c4ccc(C)nc4F)cccc3c(N)c2C1=O. The first-order valence-electron chi connectivity index (χ1n) is 8.65. The van der Waals surface area contributed by atoms with Crippen molar-refractivity contribution < 1.29 is 9.18 Å². The Morgan fingerprint density at radius 2 is 2.00 bits per heavy atom. The average molecular weight is 350 g/mol. The normalized spacial score (nSPS) is 13.5. The molecule has 2 aromatic heterocycles. The molecule has 0 bridgehead atoms. The molecule has 4 rings (SSSR count). The van der Waals surface area contributed by atoms with E-state index in [0.717, 1.165) is 6.42 Å². The number of rotatable bonds is 3. The number of aryl methyl sites for hydroxylation is 1. The molecule has 0 aliphatic carbocycles. The van der Waals surface area contributed by atoms with Gasteiger partial charge in [0.05, 0.1) is 29.0 Å². The number of para-hydroxylation sites is 1. The molecule has 0 fully saturated rings. The number of aromatic nitrogens is 2. The highest BCUT2D eigenvalue weighted by Gasteiger charge is 2.32. The molecule has 26 heavy (non-hydrogen) atoms. The lowest BCUT2D eigenvalue weighted by atomic mass is 10.00. The quantitative estimate of drug-likeness (QED) is 0.731. The first-order valence-corrected chi connectivity index (χ1v) is 8.65. The minimum atomic E-state index is -0.540. The maximum atomic E-state index is 14.4. The third kappa shape index (κ3) is 2.41. The van der Waals surface area contributed by atoms with Crippen LogP contribution in [0.15, 0.2) is 30.3 Å². The number of hydrogen-bond acceptors (Lipinski definition) is 4. The van der Waals surface area contributed by atoms with Crippen molar-refractivity contribution in [3.8, 4) is 11.1 Å². The summed E-state index contributed by atoms with van der Waals surface area (Å²) in [6.45, 7) is 4.86. The zero-order valence-electron chi connectivity index (χ0n) is 14.7. The fourth-order valence-corrected chi connectivity index (χ4v) is 3.52. The fourth-order valence-electron chi connectivity index (χ4n) is 3.52. The number of amides is 1. The molecule has 5 nitrogen and oxygen atoms in total. The third-order valence-electron chi connectivity index (χ3n) is 4.74. The highest BCUT2D eigenvalue weighted by atomic mass is 19.1. The molecule has 0 saturated carbocycles. The Kier molecular flexibility index (Phi) is 3.83. The number of carbonyl (C=O) groups excluding carboxylic acids is 1. The summed E-state index contributed by atoms with van der Waals surface area (Å²) < 4.78 is 14.4. The van der Waals surface area contributed by atoms with Crippen LogP contribution in [0.4, 0.5) is 10.1 Å². The number of anilines is 1. The van der Waals surface area contributed by atoms with Crippen LogP contribution in [-0.2, 0) is 6.54 Å². The van der Waals surface area contributed by atoms with Crippen molar-refractivity contribution in [2.75, 3.05) is 12.3 Å². The Morgan fingerprint density at radius 1 is 1.19 bits per heavy atom. The van der Waals surface area contributed by atoms with E-state index < -0.39 is 5.95 Å². The molecule has 1 aromatic carbocycles. The largest absolute Gasteiger partial charge is 0.397 e. The number of nitrogen functional groups attached to an aromatic ring is 1. The van der Waals surface area contributed by atoms with Crippen LogP contribution < -0.4 is 5.73 Å². The maximum Gasteiger partial charge on any atom is 0.258 e. The van der Waals surface area contributed by atoms with Crippen LogP contribution in [0.5, 0.6) is 0 Å². The van der Waals surface area contributed by atoms with E-state index in [1.54, 1.807) is 36.1 Å². The Morgan fingerprint density at radius 3 is 2.73 bits per heavy atom. The van der Waals surface area contributed by atoms with Crippen LogP contribution >= 0.6 is 0 Å². The lowest BCUT2D eigenvalue weighted by Crippen LogP contribution is -2.24. The number of fused-ring (bicyclic) bond motifs is 2. The first-order chi connectivity index (χ1) is 12.5. The molecule has 0 radical (unpaired) electrons. The topological polar surface area (TPSA) is 72.1 Å². The lowest BCUT2D eigenvalue weighted by Gasteiger charge is -2.13. The molecule has 0 spiro atoms. The molecule has 0 saturated heterocycles. The number of halogens is 1. The van der Waals surface area contributed by atoms with E-state index in [0.29, 0.717) is 57.8 Å². The van der Waals surface area contributed by atoms with Gasteiger partial charge in [0.25, 0.3) is 5.91 Å². The molecule has 1 aliphatic heterocycles. The van der Waals surface area contributed by atoms with Gasteiger partial charge in [-0.1, -0.05) is 25.1 Å². The average Bonchev–Trinajstić information content (AvgIpc) is 2.91. The van der Waals surface area contributed by atoms with E-state index in [4.69, 9.17) is 10.7 Å². The van der Waals surface area contributed by atoms with E-state index in [9.17, 15) is 9.18 Å². The summed E-state index contributed by atoms with van der Waals surface area (Å²) in [5, 5.41) is 0.660. The molecule has 2 N–H and O–H groups in total. The summed E-state index contributed by atoms with van der Waals surface area (Å²) in [6.07, 6.45) is 0.866. The summed E-state index contributed by atoms with van der Waals surface area (Å²) in [4.78, 5) is 23.0. The summed E-state index contributed by atoms with van der Waals surface area (Å²) >= 11 is 0. The van der Waals surface area contributed by atoms with Crippen molar-refractivity contribution in [1.29, 1.82) is 0 Å². The Balaban J connectivity index is 1.95. The molecule has 1 aliphatic rings. The number of nitrogens with zero attached hydrogens (tertiary/aromatic N) is 3. The molecule has 3 aromatic rings.